The van der Waals surface area contributed by atoms with Gasteiger partial charge in [0.25, 0.3) is 0 Å². The molecule has 7 heteroatoms. The summed E-state index contributed by atoms with van der Waals surface area (Å²) < 4.78 is 3.63. The summed E-state index contributed by atoms with van der Waals surface area (Å²) >= 11 is 10.0. The van der Waals surface area contributed by atoms with Crippen molar-refractivity contribution in [3.05, 3.63) is 62.3 Å². The third kappa shape index (κ3) is 5.73. The van der Waals surface area contributed by atoms with Crippen LogP contribution in [-0.2, 0) is 17.6 Å². The molecule has 3 aliphatic heterocycles. The van der Waals surface area contributed by atoms with Gasteiger partial charge in [0.1, 0.15) is 18.8 Å². The first kappa shape index (κ1) is 26.5. The van der Waals surface area contributed by atoms with E-state index < -0.39 is 0 Å². The molecule has 6 rings (SSSR count). The summed E-state index contributed by atoms with van der Waals surface area (Å²) in [7, 11) is 0. The van der Waals surface area contributed by atoms with Gasteiger partial charge in [0.05, 0.1) is 5.56 Å². The van der Waals surface area contributed by atoms with Crippen molar-refractivity contribution in [2.75, 3.05) is 39.3 Å². The Kier molecular flexibility index (Phi) is 8.20. The van der Waals surface area contributed by atoms with Crippen LogP contribution in [0.3, 0.4) is 0 Å². The van der Waals surface area contributed by atoms with Crippen molar-refractivity contribution < 1.29 is 9.37 Å². The zero-order valence-corrected chi connectivity index (χ0v) is 24.6. The number of aromatic nitrogens is 1. The fourth-order valence-electron chi connectivity index (χ4n) is 7.28. The van der Waals surface area contributed by atoms with Crippen molar-refractivity contribution in [2.45, 2.75) is 57.8 Å². The van der Waals surface area contributed by atoms with E-state index >= 15 is 0 Å². The second kappa shape index (κ2) is 11.8. The number of carbonyl (C=O) groups excluding carboxylic acids is 1. The van der Waals surface area contributed by atoms with Crippen LogP contribution in [0.5, 0.6) is 0 Å². The molecule has 1 aromatic heterocycles. The maximum absolute atomic E-state index is 12.9. The predicted octanol–water partition coefficient (Wildman–Crippen LogP) is 5.48. The summed E-state index contributed by atoms with van der Waals surface area (Å²) in [6.45, 7) is 6.16. The van der Waals surface area contributed by atoms with E-state index in [-0.39, 0.29) is 0 Å². The first-order valence-corrected chi connectivity index (χ1v) is 15.8. The van der Waals surface area contributed by atoms with E-state index in [2.05, 4.69) is 48.9 Å². The maximum atomic E-state index is 12.9. The predicted molar refractivity (Wildman–Crippen MR) is 156 cm³/mol. The molecule has 38 heavy (non-hydrogen) atoms. The largest absolute Gasteiger partial charge is 0.343 e. The van der Waals surface area contributed by atoms with Gasteiger partial charge in [-0.05, 0) is 121 Å². The summed E-state index contributed by atoms with van der Waals surface area (Å²) in [6, 6.07) is 8.61. The minimum absolute atomic E-state index is 0.395. The molecule has 0 radical (unpaired) electrons. The van der Waals surface area contributed by atoms with Crippen LogP contribution >= 0.6 is 27.5 Å². The molecule has 2 aromatic rings. The van der Waals surface area contributed by atoms with E-state index in [1.165, 1.54) is 48.1 Å². The zero-order valence-electron chi connectivity index (χ0n) is 22.2. The highest BCUT2D eigenvalue weighted by atomic mass is 79.9. The normalized spacial score (nSPS) is 23.1. The number of benzene rings is 1. The lowest BCUT2D eigenvalue weighted by Crippen LogP contribution is -2.43. The third-order valence-corrected chi connectivity index (χ3v) is 10.1. The van der Waals surface area contributed by atoms with Gasteiger partial charge in [0, 0.05) is 48.0 Å². The van der Waals surface area contributed by atoms with Crippen molar-refractivity contribution >= 4 is 39.1 Å². The lowest BCUT2D eigenvalue weighted by atomic mass is 9.78. The van der Waals surface area contributed by atoms with Crippen LogP contribution in [-0.4, -0.2) is 65.3 Å². The Balaban J connectivity index is 1.13. The number of aryl methyl sites for hydroxylation is 2. The fraction of sp³-hybridized carbons (Fsp3) is 0.581. The van der Waals surface area contributed by atoms with E-state index in [1.807, 2.05) is 12.3 Å². The number of hydrogen-bond acceptors (Lipinski definition) is 3. The number of pyridine rings is 1. The number of piperidine rings is 3. The average Bonchev–Trinajstić information content (AvgIpc) is 3.10. The summed E-state index contributed by atoms with van der Waals surface area (Å²) in [5.41, 5.74) is 6.35. The Morgan fingerprint density at radius 3 is 2.47 bits per heavy atom. The molecule has 0 atom stereocenters. The van der Waals surface area contributed by atoms with Gasteiger partial charge >= 0.3 is 0 Å². The Morgan fingerprint density at radius 1 is 1.00 bits per heavy atom. The van der Waals surface area contributed by atoms with Crippen LogP contribution in [0.4, 0.5) is 0 Å². The van der Waals surface area contributed by atoms with Gasteiger partial charge < -0.3 is 10.2 Å². The van der Waals surface area contributed by atoms with Crippen LogP contribution in [0, 0.1) is 17.8 Å². The Bertz CT molecular complexity index is 1150. The Labute approximate surface area is 240 Å². The van der Waals surface area contributed by atoms with Gasteiger partial charge in [0.15, 0.2) is 0 Å². The van der Waals surface area contributed by atoms with Crippen molar-refractivity contribution in [3.63, 3.8) is 0 Å². The van der Waals surface area contributed by atoms with Gasteiger partial charge in [-0.15, -0.1) is 0 Å². The molecule has 0 bridgehead atoms. The number of fused-ring (bicyclic) bond motifs is 2. The molecule has 0 spiro atoms. The molecule has 1 aromatic carbocycles. The third-order valence-electron chi connectivity index (χ3n) is 9.48. The van der Waals surface area contributed by atoms with Gasteiger partial charge in [-0.3, -0.25) is 4.79 Å². The van der Waals surface area contributed by atoms with Gasteiger partial charge in [-0.2, -0.15) is 0 Å². The molecule has 4 aliphatic rings. The quantitative estimate of drug-likeness (QED) is 0.476. The standard InChI is InChI=1S/C31H39BrClN4O/c32-26-18-25-2-1-24-19-27(33)3-4-28(24)31(30(25)35-20-26)37-15-9-23(10-16-37)22-7-13-36(14-8-22)29(38)17-21-5-11-34-12-6-21/h3-4,18-23,34H,1-2,5-17H2/q+1. The summed E-state index contributed by atoms with van der Waals surface area (Å²) in [4.78, 5) is 20.0. The van der Waals surface area contributed by atoms with E-state index in [1.54, 1.807) is 0 Å². The minimum Gasteiger partial charge on any atom is -0.343 e. The Morgan fingerprint density at radius 2 is 1.71 bits per heavy atom. The van der Waals surface area contributed by atoms with E-state index in [4.69, 9.17) is 16.6 Å². The molecule has 3 saturated heterocycles. The van der Waals surface area contributed by atoms with Crippen LogP contribution in [0.1, 0.15) is 67.3 Å². The highest BCUT2D eigenvalue weighted by molar-refractivity contribution is 9.10. The first-order chi connectivity index (χ1) is 18.5. The van der Waals surface area contributed by atoms with Crippen molar-refractivity contribution in [3.8, 4) is 0 Å². The second-order valence-corrected chi connectivity index (χ2v) is 13.1. The second-order valence-electron chi connectivity index (χ2n) is 11.8. The highest BCUT2D eigenvalue weighted by Gasteiger charge is 2.36. The topological polar surface area (TPSA) is 48.2 Å². The number of nitrogens with zero attached hydrogens (tertiary/aromatic N) is 3. The molecule has 1 N–H and O–H groups in total. The number of nitrogens with one attached hydrogen (secondary N) is 1. The molecular formula is C31H39BrClN4O+. The fourth-order valence-corrected chi connectivity index (χ4v) is 7.85. The van der Waals surface area contributed by atoms with Crippen molar-refractivity contribution in [1.82, 2.24) is 15.2 Å². The number of rotatable bonds is 3. The smallest absolute Gasteiger partial charge is 0.233 e. The monoisotopic (exact) mass is 597 g/mol. The van der Waals surface area contributed by atoms with Crippen LogP contribution in [0.25, 0.3) is 0 Å². The molecule has 5 nitrogen and oxygen atoms in total. The molecule has 1 aliphatic carbocycles. The number of amides is 1. The molecule has 3 fully saturated rings. The molecule has 1 amide bonds. The van der Waals surface area contributed by atoms with Crippen LogP contribution < -0.4 is 5.32 Å². The number of halogens is 2. The summed E-state index contributed by atoms with van der Waals surface area (Å²) in [5.74, 6) is 2.47. The maximum Gasteiger partial charge on any atom is 0.233 e. The number of hydrogen-bond donors (Lipinski definition) is 1. The van der Waals surface area contributed by atoms with Gasteiger partial charge in [-0.1, -0.05) is 11.6 Å². The zero-order chi connectivity index (χ0) is 26.1. The lowest BCUT2D eigenvalue weighted by molar-refractivity contribution is -0.541. The van der Waals surface area contributed by atoms with E-state index in [9.17, 15) is 4.79 Å². The van der Waals surface area contributed by atoms with Crippen LogP contribution in [0.2, 0.25) is 5.02 Å². The first-order valence-electron chi connectivity index (χ1n) is 14.6. The SMILES string of the molecule is O=C(CC1CCNCC1)N1CCC(C2CC[N+](=C3c4ccc(Cl)cc4CCc4cc(Br)cnc43)CC2)CC1. The summed E-state index contributed by atoms with van der Waals surface area (Å²) in [6.07, 6.45) is 11.7. The highest BCUT2D eigenvalue weighted by Crippen LogP contribution is 2.34. The van der Waals surface area contributed by atoms with Crippen molar-refractivity contribution in [2.24, 2.45) is 17.8 Å². The lowest BCUT2D eigenvalue weighted by Gasteiger charge is -2.37. The molecule has 0 unspecified atom stereocenters. The van der Waals surface area contributed by atoms with Crippen LogP contribution in [0.15, 0.2) is 34.9 Å². The minimum atomic E-state index is 0.395. The van der Waals surface area contributed by atoms with Gasteiger partial charge in [-0.25, -0.2) is 9.56 Å². The molecule has 4 heterocycles. The number of likely N-dealkylation sites (tertiary alicyclic amines) is 1. The van der Waals surface area contributed by atoms with E-state index in [0.717, 1.165) is 98.4 Å². The van der Waals surface area contributed by atoms with Gasteiger partial charge in [0.2, 0.25) is 11.6 Å². The van der Waals surface area contributed by atoms with E-state index in [0.29, 0.717) is 11.8 Å². The number of carbonyl (C=O) groups is 1. The molecule has 202 valence electrons. The molecule has 0 saturated carbocycles. The van der Waals surface area contributed by atoms with Crippen molar-refractivity contribution in [1.29, 1.82) is 0 Å². The molecular weight excluding hydrogens is 560 g/mol. The Hall–Kier alpha value is -1.76. The average molecular weight is 599 g/mol. The summed E-state index contributed by atoms with van der Waals surface area (Å²) in [5, 5.41) is 4.22.